The number of aromatic hydroxyl groups is 1. The molecule has 1 aromatic heterocycles. The normalized spacial score (nSPS) is 10.7. The highest BCUT2D eigenvalue weighted by molar-refractivity contribution is 6.30. The molecule has 4 nitrogen and oxygen atoms in total. The molecular weight excluding hydrogens is 338 g/mol. The summed E-state index contributed by atoms with van der Waals surface area (Å²) in [7, 11) is 0. The maximum atomic E-state index is 10.4. The predicted octanol–water partition coefficient (Wildman–Crippen LogP) is 5.63. The fourth-order valence-electron chi connectivity index (χ4n) is 2.51. The molecule has 0 spiro atoms. The van der Waals surface area contributed by atoms with Crippen LogP contribution in [0.25, 0.3) is 22.5 Å². The van der Waals surface area contributed by atoms with E-state index in [4.69, 9.17) is 20.9 Å². The summed E-state index contributed by atoms with van der Waals surface area (Å²) in [6, 6.07) is 12.5. The fraction of sp³-hybridized carbons (Fsp3) is 0.150. The molecule has 0 amide bonds. The second-order valence-electron chi connectivity index (χ2n) is 5.90. The van der Waals surface area contributed by atoms with Gasteiger partial charge in [-0.3, -0.25) is 0 Å². The molecule has 2 aromatic carbocycles. The Labute approximate surface area is 151 Å². The average Bonchev–Trinajstić information content (AvgIpc) is 2.95. The van der Waals surface area contributed by atoms with Gasteiger partial charge in [0.25, 0.3) is 0 Å². The molecule has 0 unspecified atom stereocenters. The molecule has 1 heterocycles. The summed E-state index contributed by atoms with van der Waals surface area (Å²) >= 11 is 5.97. The summed E-state index contributed by atoms with van der Waals surface area (Å²) in [5, 5.41) is 15.1. The first-order valence-corrected chi connectivity index (χ1v) is 8.16. The van der Waals surface area contributed by atoms with Crippen LogP contribution in [0, 0.1) is 6.92 Å². The third-order valence-corrected chi connectivity index (χ3v) is 3.95. The van der Waals surface area contributed by atoms with Crippen LogP contribution in [0.4, 0.5) is 0 Å². The molecule has 25 heavy (non-hydrogen) atoms. The number of nitrogens with zero attached hydrogens (tertiary/aromatic N) is 1. The van der Waals surface area contributed by atoms with Crippen LogP contribution < -0.4 is 4.74 Å². The van der Waals surface area contributed by atoms with Crippen LogP contribution in [0.5, 0.6) is 11.5 Å². The average molecular weight is 356 g/mol. The highest BCUT2D eigenvalue weighted by Crippen LogP contribution is 2.40. The molecule has 0 aliphatic carbocycles. The molecule has 0 aliphatic rings. The zero-order chi connectivity index (χ0) is 18.0. The van der Waals surface area contributed by atoms with Crippen molar-refractivity contribution in [3.63, 3.8) is 0 Å². The van der Waals surface area contributed by atoms with Crippen LogP contribution in [-0.2, 0) is 0 Å². The number of rotatable bonds is 5. The van der Waals surface area contributed by atoms with E-state index in [-0.39, 0.29) is 5.75 Å². The van der Waals surface area contributed by atoms with E-state index in [9.17, 15) is 5.11 Å². The molecule has 0 saturated heterocycles. The van der Waals surface area contributed by atoms with E-state index in [1.54, 1.807) is 18.2 Å². The van der Waals surface area contributed by atoms with Crippen molar-refractivity contribution in [2.75, 3.05) is 6.61 Å². The van der Waals surface area contributed by atoms with Gasteiger partial charge in [0.1, 0.15) is 18.1 Å². The third kappa shape index (κ3) is 3.69. The number of hydrogen-bond acceptors (Lipinski definition) is 4. The third-order valence-electron chi connectivity index (χ3n) is 3.69. The topological polar surface area (TPSA) is 55.5 Å². The molecule has 0 aliphatic heterocycles. The predicted molar refractivity (Wildman–Crippen MR) is 99.1 cm³/mol. The van der Waals surface area contributed by atoms with E-state index < -0.39 is 0 Å². The number of aryl methyl sites for hydroxylation is 1. The van der Waals surface area contributed by atoms with Crippen molar-refractivity contribution in [1.29, 1.82) is 0 Å². The minimum Gasteiger partial charge on any atom is -0.507 e. The van der Waals surface area contributed by atoms with Gasteiger partial charge in [0.15, 0.2) is 5.76 Å². The summed E-state index contributed by atoms with van der Waals surface area (Å²) in [6.07, 6.45) is 0. The minimum absolute atomic E-state index is 0.0607. The highest BCUT2D eigenvalue weighted by Gasteiger charge is 2.20. The van der Waals surface area contributed by atoms with Gasteiger partial charge in [-0.2, -0.15) is 0 Å². The molecule has 0 fully saturated rings. The summed E-state index contributed by atoms with van der Waals surface area (Å²) in [6.45, 7) is 7.93. The summed E-state index contributed by atoms with van der Waals surface area (Å²) < 4.78 is 11.0. The molecule has 0 atom stereocenters. The lowest BCUT2D eigenvalue weighted by molar-refractivity contribution is 0.349. The van der Waals surface area contributed by atoms with Gasteiger partial charge in [-0.25, -0.2) is 0 Å². The van der Waals surface area contributed by atoms with Crippen LogP contribution in [0.2, 0.25) is 5.02 Å². The van der Waals surface area contributed by atoms with Crippen LogP contribution in [0.3, 0.4) is 0 Å². The van der Waals surface area contributed by atoms with Gasteiger partial charge >= 0.3 is 0 Å². The van der Waals surface area contributed by atoms with Crippen molar-refractivity contribution in [3.8, 4) is 33.9 Å². The molecule has 5 heteroatoms. The first-order chi connectivity index (χ1) is 12.0. The van der Waals surface area contributed by atoms with E-state index in [1.165, 1.54) is 0 Å². The number of benzene rings is 2. The second-order valence-corrected chi connectivity index (χ2v) is 6.34. The van der Waals surface area contributed by atoms with Gasteiger partial charge in [-0.1, -0.05) is 35.5 Å². The van der Waals surface area contributed by atoms with E-state index in [0.717, 1.165) is 22.4 Å². The lowest BCUT2D eigenvalue weighted by atomic mass is 9.99. The minimum atomic E-state index is 0.0607. The van der Waals surface area contributed by atoms with Gasteiger partial charge in [0, 0.05) is 11.1 Å². The molecule has 0 saturated carbocycles. The van der Waals surface area contributed by atoms with Gasteiger partial charge in [-0.05, 0) is 49.2 Å². The van der Waals surface area contributed by atoms with E-state index >= 15 is 0 Å². The van der Waals surface area contributed by atoms with E-state index in [2.05, 4.69) is 11.7 Å². The molecular formula is C20H18ClNO3. The molecule has 3 aromatic rings. The zero-order valence-electron chi connectivity index (χ0n) is 14.0. The van der Waals surface area contributed by atoms with E-state index in [0.29, 0.717) is 28.7 Å². The smallest absolute Gasteiger partial charge is 0.178 e. The Kier molecular flexibility index (Phi) is 4.81. The monoisotopic (exact) mass is 355 g/mol. The number of phenols is 1. The SMILES string of the molecule is C=C(C)COc1ccc(-c2onc(C)c2-c2ccc(Cl)cc2)c(O)c1. The van der Waals surface area contributed by atoms with Crippen molar-refractivity contribution in [2.24, 2.45) is 0 Å². The van der Waals surface area contributed by atoms with Crippen LogP contribution in [-0.4, -0.2) is 16.9 Å². The Morgan fingerprint density at radius 3 is 2.60 bits per heavy atom. The Bertz CT molecular complexity index is 913. The molecule has 1 N–H and O–H groups in total. The summed E-state index contributed by atoms with van der Waals surface area (Å²) in [5.74, 6) is 1.13. The van der Waals surface area contributed by atoms with Gasteiger partial charge in [0.2, 0.25) is 0 Å². The zero-order valence-corrected chi connectivity index (χ0v) is 14.8. The molecule has 0 radical (unpaired) electrons. The quantitative estimate of drug-likeness (QED) is 0.602. The standard InChI is InChI=1S/C20H18ClNO3/c1-12(2)11-24-16-8-9-17(18(23)10-16)20-19(13(3)22-25-20)14-4-6-15(21)7-5-14/h4-10,23H,1,11H2,2-3H3. The summed E-state index contributed by atoms with van der Waals surface area (Å²) in [5.41, 5.74) is 3.93. The molecule has 0 bridgehead atoms. The van der Waals surface area contributed by atoms with Crippen molar-refractivity contribution < 1.29 is 14.4 Å². The van der Waals surface area contributed by atoms with Crippen LogP contribution in [0.15, 0.2) is 59.1 Å². The van der Waals surface area contributed by atoms with Crippen molar-refractivity contribution in [2.45, 2.75) is 13.8 Å². The van der Waals surface area contributed by atoms with Crippen molar-refractivity contribution in [1.82, 2.24) is 5.16 Å². The first kappa shape index (κ1) is 17.1. The van der Waals surface area contributed by atoms with Gasteiger partial charge < -0.3 is 14.4 Å². The number of phenolic OH excluding ortho intramolecular Hbond substituents is 1. The fourth-order valence-corrected chi connectivity index (χ4v) is 2.64. The number of aromatic nitrogens is 1. The molecule has 128 valence electrons. The Morgan fingerprint density at radius 2 is 1.96 bits per heavy atom. The Balaban J connectivity index is 2.00. The largest absolute Gasteiger partial charge is 0.507 e. The second kappa shape index (κ2) is 7.03. The maximum absolute atomic E-state index is 10.4. The summed E-state index contributed by atoms with van der Waals surface area (Å²) in [4.78, 5) is 0. The number of halogens is 1. The molecule has 3 rings (SSSR count). The Morgan fingerprint density at radius 1 is 1.24 bits per heavy atom. The van der Waals surface area contributed by atoms with Crippen molar-refractivity contribution >= 4 is 11.6 Å². The number of hydrogen-bond donors (Lipinski definition) is 1. The lowest BCUT2D eigenvalue weighted by Gasteiger charge is -2.09. The number of ether oxygens (including phenoxy) is 1. The first-order valence-electron chi connectivity index (χ1n) is 7.78. The van der Waals surface area contributed by atoms with Crippen LogP contribution >= 0.6 is 11.6 Å². The van der Waals surface area contributed by atoms with E-state index in [1.807, 2.05) is 38.1 Å². The lowest BCUT2D eigenvalue weighted by Crippen LogP contribution is -1.97. The maximum Gasteiger partial charge on any atom is 0.178 e. The van der Waals surface area contributed by atoms with Gasteiger partial charge in [0.05, 0.1) is 16.8 Å². The van der Waals surface area contributed by atoms with Crippen LogP contribution in [0.1, 0.15) is 12.6 Å². The van der Waals surface area contributed by atoms with Crippen molar-refractivity contribution in [3.05, 3.63) is 65.3 Å². The van der Waals surface area contributed by atoms with Gasteiger partial charge in [-0.15, -0.1) is 0 Å². The highest BCUT2D eigenvalue weighted by atomic mass is 35.5. The Hall–Kier alpha value is -2.72.